The first kappa shape index (κ1) is 16.2. The van der Waals surface area contributed by atoms with Crippen LogP contribution in [0, 0.1) is 6.92 Å². The first-order valence-corrected chi connectivity index (χ1v) is 6.83. The second-order valence-electron chi connectivity index (χ2n) is 4.61. The summed E-state index contributed by atoms with van der Waals surface area (Å²) in [6.07, 6.45) is 7.40. The van der Waals surface area contributed by atoms with Crippen LogP contribution in [-0.2, 0) is 4.74 Å². The van der Waals surface area contributed by atoms with Crippen molar-refractivity contribution in [3.63, 3.8) is 0 Å². The van der Waals surface area contributed by atoms with Crippen molar-refractivity contribution >= 4 is 11.9 Å². The molecule has 0 radical (unpaired) electrons. The topological polar surface area (TPSA) is 60.5 Å². The molecule has 0 spiro atoms. The summed E-state index contributed by atoms with van der Waals surface area (Å²) in [6.45, 7) is 4.72. The molecule has 0 aromatic carbocycles. The number of methoxy groups -OCH3 is 1. The van der Waals surface area contributed by atoms with Gasteiger partial charge in [-0.3, -0.25) is 4.98 Å². The van der Waals surface area contributed by atoms with Crippen molar-refractivity contribution in [1.29, 1.82) is 0 Å². The third kappa shape index (κ3) is 5.83. The Balaban J connectivity index is 2.76. The van der Waals surface area contributed by atoms with Crippen LogP contribution in [0.3, 0.4) is 0 Å². The maximum Gasteiger partial charge on any atom is 0.128 e. The molecule has 0 fully saturated rings. The van der Waals surface area contributed by atoms with Crippen LogP contribution in [0.2, 0.25) is 0 Å². The fourth-order valence-electron chi connectivity index (χ4n) is 1.67. The minimum absolute atomic E-state index is 0.230. The smallest absolute Gasteiger partial charge is 0.128 e. The summed E-state index contributed by atoms with van der Waals surface area (Å²) in [5, 5.41) is 0. The van der Waals surface area contributed by atoms with E-state index in [1.807, 2.05) is 25.1 Å². The summed E-state index contributed by atoms with van der Waals surface area (Å²) in [7, 11) is 1.63. The zero-order valence-corrected chi connectivity index (χ0v) is 12.5. The Morgan fingerprint density at radius 3 is 3.05 bits per heavy atom. The second kappa shape index (κ2) is 9.08. The first-order chi connectivity index (χ1) is 9.67. The number of pyridine rings is 1. The largest absolute Gasteiger partial charge is 0.496 e. The zero-order chi connectivity index (χ0) is 14.8. The number of aryl methyl sites for hydroxylation is 1. The maximum absolute atomic E-state index is 5.47. The number of rotatable bonds is 7. The van der Waals surface area contributed by atoms with Crippen LogP contribution in [0.1, 0.15) is 31.0 Å². The molecule has 1 unspecified atom stereocenters. The van der Waals surface area contributed by atoms with Gasteiger partial charge in [-0.2, -0.15) is 0 Å². The summed E-state index contributed by atoms with van der Waals surface area (Å²) in [6, 6.07) is 4.13. The molecule has 1 aromatic heterocycles. The molecule has 108 valence electrons. The lowest BCUT2D eigenvalue weighted by atomic mass is 10.2. The van der Waals surface area contributed by atoms with Gasteiger partial charge in [-0.15, -0.1) is 0 Å². The molecule has 0 saturated carbocycles. The Hall–Kier alpha value is -1.90. The minimum Gasteiger partial charge on any atom is -0.496 e. The molecule has 0 aliphatic heterocycles. The molecule has 0 saturated heterocycles. The van der Waals surface area contributed by atoms with E-state index in [2.05, 4.69) is 22.8 Å². The number of nitrogens with zero attached hydrogens (tertiary/aromatic N) is 2. The van der Waals surface area contributed by atoms with Crippen LogP contribution in [0.15, 0.2) is 35.2 Å². The van der Waals surface area contributed by atoms with Gasteiger partial charge in [-0.05, 0) is 56.8 Å². The van der Waals surface area contributed by atoms with Crippen molar-refractivity contribution in [3.8, 4) is 0 Å². The van der Waals surface area contributed by atoms with Gasteiger partial charge in [0.1, 0.15) is 5.76 Å². The molecule has 1 aromatic rings. The van der Waals surface area contributed by atoms with E-state index in [0.717, 1.165) is 24.1 Å². The molecule has 2 N–H and O–H groups in total. The van der Waals surface area contributed by atoms with Crippen molar-refractivity contribution in [2.24, 2.45) is 10.7 Å². The van der Waals surface area contributed by atoms with Crippen LogP contribution < -0.4 is 5.73 Å². The molecule has 20 heavy (non-hydrogen) atoms. The first-order valence-electron chi connectivity index (χ1n) is 6.83. The van der Waals surface area contributed by atoms with Crippen LogP contribution in [-0.4, -0.2) is 30.6 Å². The van der Waals surface area contributed by atoms with E-state index in [0.29, 0.717) is 12.3 Å². The van der Waals surface area contributed by atoms with Crippen LogP contribution in [0.5, 0.6) is 0 Å². The Bertz CT molecular complexity index is 502. The third-order valence-corrected chi connectivity index (χ3v) is 2.91. The van der Waals surface area contributed by atoms with E-state index in [9.17, 15) is 0 Å². The highest BCUT2D eigenvalue weighted by atomic mass is 16.5. The predicted octanol–water partition coefficient (Wildman–Crippen LogP) is 2.73. The van der Waals surface area contributed by atoms with E-state index in [1.165, 1.54) is 0 Å². The van der Waals surface area contributed by atoms with Gasteiger partial charge in [0.15, 0.2) is 0 Å². The Labute approximate surface area is 121 Å². The van der Waals surface area contributed by atoms with Gasteiger partial charge in [-0.25, -0.2) is 4.99 Å². The second-order valence-corrected chi connectivity index (χ2v) is 4.61. The Kier molecular flexibility index (Phi) is 7.33. The van der Waals surface area contributed by atoms with E-state index >= 15 is 0 Å². The lowest BCUT2D eigenvalue weighted by molar-refractivity contribution is 0.311. The highest BCUT2D eigenvalue weighted by Gasteiger charge is 1.98. The SMILES string of the molecule is CO/C(C=C=NC(C)CCCN)=C/c1cccnc1C. The summed E-state index contributed by atoms with van der Waals surface area (Å²) in [5.74, 6) is 3.63. The fraction of sp³-hybridized carbons (Fsp3) is 0.438. The van der Waals surface area contributed by atoms with Gasteiger partial charge >= 0.3 is 0 Å². The van der Waals surface area contributed by atoms with Crippen LogP contribution >= 0.6 is 0 Å². The maximum atomic E-state index is 5.47. The lowest BCUT2D eigenvalue weighted by Gasteiger charge is -2.02. The van der Waals surface area contributed by atoms with E-state index in [-0.39, 0.29) is 6.04 Å². The Morgan fingerprint density at radius 2 is 2.40 bits per heavy atom. The highest BCUT2D eigenvalue weighted by Crippen LogP contribution is 2.10. The Morgan fingerprint density at radius 1 is 1.60 bits per heavy atom. The number of hydrogen-bond acceptors (Lipinski definition) is 4. The van der Waals surface area contributed by atoms with E-state index in [4.69, 9.17) is 10.5 Å². The van der Waals surface area contributed by atoms with E-state index < -0.39 is 0 Å². The predicted molar refractivity (Wildman–Crippen MR) is 83.7 cm³/mol. The summed E-state index contributed by atoms with van der Waals surface area (Å²) < 4.78 is 5.31. The molecule has 0 amide bonds. The average Bonchev–Trinajstić information content (AvgIpc) is 2.46. The zero-order valence-electron chi connectivity index (χ0n) is 12.5. The molecule has 1 atom stereocenters. The molecular formula is C16H23N3O. The third-order valence-electron chi connectivity index (χ3n) is 2.91. The molecule has 4 heteroatoms. The van der Waals surface area contributed by atoms with Crippen molar-refractivity contribution in [3.05, 3.63) is 41.4 Å². The van der Waals surface area contributed by atoms with Gasteiger partial charge in [-0.1, -0.05) is 6.07 Å². The van der Waals surface area contributed by atoms with Gasteiger partial charge in [0, 0.05) is 18.0 Å². The van der Waals surface area contributed by atoms with Gasteiger partial charge in [0.25, 0.3) is 0 Å². The van der Waals surface area contributed by atoms with Gasteiger partial charge in [0.05, 0.1) is 13.2 Å². The average molecular weight is 273 g/mol. The summed E-state index contributed by atoms with van der Waals surface area (Å²) in [4.78, 5) is 8.55. The lowest BCUT2D eigenvalue weighted by Crippen LogP contribution is -2.04. The number of allylic oxidation sites excluding steroid dienone is 1. The molecule has 0 aliphatic rings. The van der Waals surface area contributed by atoms with Crippen molar-refractivity contribution < 1.29 is 4.74 Å². The monoisotopic (exact) mass is 273 g/mol. The fourth-order valence-corrected chi connectivity index (χ4v) is 1.67. The normalized spacial score (nSPS) is 12.5. The van der Waals surface area contributed by atoms with Crippen molar-refractivity contribution in [1.82, 2.24) is 4.98 Å². The van der Waals surface area contributed by atoms with Gasteiger partial charge in [0.2, 0.25) is 0 Å². The summed E-state index contributed by atoms with van der Waals surface area (Å²) >= 11 is 0. The van der Waals surface area contributed by atoms with E-state index in [1.54, 1.807) is 19.4 Å². The van der Waals surface area contributed by atoms with Crippen molar-refractivity contribution in [2.45, 2.75) is 32.7 Å². The minimum atomic E-state index is 0.230. The standard InChI is InChI=1S/C16H23N3O/c1-13(6-4-9-17)18-11-8-16(20-3)12-15-7-5-10-19-14(15)2/h5,7-8,10,12-13H,4,6,9,17H2,1-3H3/b16-12+. The molecule has 1 heterocycles. The summed E-state index contributed by atoms with van der Waals surface area (Å²) in [5.41, 5.74) is 7.46. The van der Waals surface area contributed by atoms with Crippen molar-refractivity contribution in [2.75, 3.05) is 13.7 Å². The number of hydrogen-bond donors (Lipinski definition) is 1. The molecular weight excluding hydrogens is 250 g/mol. The number of aliphatic imine (C=N–C) groups is 1. The number of ether oxygens (including phenoxy) is 1. The van der Waals surface area contributed by atoms with Gasteiger partial charge < -0.3 is 10.5 Å². The molecule has 4 nitrogen and oxygen atoms in total. The quantitative estimate of drug-likeness (QED) is 0.472. The van der Waals surface area contributed by atoms with Crippen LogP contribution in [0.25, 0.3) is 6.08 Å². The number of nitrogens with two attached hydrogens (primary N) is 1. The molecule has 0 bridgehead atoms. The van der Waals surface area contributed by atoms with Crippen LogP contribution in [0.4, 0.5) is 0 Å². The highest BCUT2D eigenvalue weighted by molar-refractivity contribution is 5.64. The molecule has 0 aliphatic carbocycles. The molecule has 1 rings (SSSR count). The number of aromatic nitrogens is 1.